The summed E-state index contributed by atoms with van der Waals surface area (Å²) >= 11 is 0. The molecule has 2 nitrogen and oxygen atoms in total. The van der Waals surface area contributed by atoms with Gasteiger partial charge in [-0.25, -0.2) is 0 Å². The lowest BCUT2D eigenvalue weighted by Crippen LogP contribution is -2.45. The molecule has 0 amide bonds. The molecule has 1 N–H and O–H groups in total. The van der Waals surface area contributed by atoms with E-state index >= 15 is 0 Å². The molecule has 2 heteroatoms. The van der Waals surface area contributed by atoms with Gasteiger partial charge in [0.05, 0.1) is 11.4 Å². The van der Waals surface area contributed by atoms with Crippen molar-refractivity contribution in [2.75, 3.05) is 23.3 Å². The zero-order valence-electron chi connectivity index (χ0n) is 11.8. The molecule has 4 rings (SSSR count). The molecule has 1 aliphatic heterocycles. The summed E-state index contributed by atoms with van der Waals surface area (Å²) in [7, 11) is 0. The smallest absolute Gasteiger partial charge is 0.0605 e. The van der Waals surface area contributed by atoms with Crippen LogP contribution in [0.1, 0.15) is 24.0 Å². The van der Waals surface area contributed by atoms with Crippen molar-refractivity contribution in [1.29, 1.82) is 0 Å². The van der Waals surface area contributed by atoms with Crippen molar-refractivity contribution in [3.8, 4) is 0 Å². The van der Waals surface area contributed by atoms with Crippen LogP contribution in [0.5, 0.6) is 0 Å². The molecule has 0 bridgehead atoms. The third kappa shape index (κ3) is 1.79. The van der Waals surface area contributed by atoms with Gasteiger partial charge in [-0.1, -0.05) is 36.4 Å². The highest BCUT2D eigenvalue weighted by Gasteiger charge is 2.31. The molecule has 2 aromatic rings. The lowest BCUT2D eigenvalue weighted by molar-refractivity contribution is 0.540. The second-order valence-electron chi connectivity index (χ2n) is 6.00. The molecule has 0 spiro atoms. The van der Waals surface area contributed by atoms with Crippen molar-refractivity contribution in [3.05, 3.63) is 59.7 Å². The molecule has 102 valence electrons. The van der Waals surface area contributed by atoms with Gasteiger partial charge in [-0.05, 0) is 36.6 Å². The molecular formula is C18H20N2. The Labute approximate surface area is 120 Å². The van der Waals surface area contributed by atoms with E-state index < -0.39 is 0 Å². The zero-order valence-corrected chi connectivity index (χ0v) is 11.8. The number of fused-ring (bicyclic) bond motifs is 2. The van der Waals surface area contributed by atoms with Gasteiger partial charge >= 0.3 is 0 Å². The highest BCUT2D eigenvalue weighted by molar-refractivity contribution is 5.72. The van der Waals surface area contributed by atoms with Crippen molar-refractivity contribution in [2.24, 2.45) is 0 Å². The van der Waals surface area contributed by atoms with Crippen LogP contribution in [0.15, 0.2) is 48.5 Å². The fourth-order valence-electron chi connectivity index (χ4n) is 3.52. The van der Waals surface area contributed by atoms with Gasteiger partial charge in [0.15, 0.2) is 0 Å². The lowest BCUT2D eigenvalue weighted by atomic mass is 9.77. The first-order valence-electron chi connectivity index (χ1n) is 7.50. The van der Waals surface area contributed by atoms with Gasteiger partial charge in [-0.15, -0.1) is 0 Å². The predicted molar refractivity (Wildman–Crippen MR) is 84.6 cm³/mol. The lowest BCUT2D eigenvalue weighted by Gasteiger charge is -2.42. The van der Waals surface area contributed by atoms with Crippen molar-refractivity contribution in [3.63, 3.8) is 0 Å². The van der Waals surface area contributed by atoms with Crippen LogP contribution in [0, 0.1) is 0 Å². The van der Waals surface area contributed by atoms with Gasteiger partial charge in [0.2, 0.25) is 0 Å². The van der Waals surface area contributed by atoms with Crippen LogP contribution in [0.3, 0.4) is 0 Å². The van der Waals surface area contributed by atoms with Crippen molar-refractivity contribution in [2.45, 2.75) is 25.3 Å². The van der Waals surface area contributed by atoms with Gasteiger partial charge in [0.25, 0.3) is 0 Å². The fraction of sp³-hybridized carbons (Fsp3) is 0.333. The maximum Gasteiger partial charge on any atom is 0.0605 e. The second-order valence-corrected chi connectivity index (χ2v) is 6.00. The number of hydrogen-bond donors (Lipinski definition) is 1. The summed E-state index contributed by atoms with van der Waals surface area (Å²) in [5, 5.41) is 3.53. The van der Waals surface area contributed by atoms with Crippen LogP contribution < -0.4 is 10.2 Å². The van der Waals surface area contributed by atoms with E-state index in [1.54, 1.807) is 5.56 Å². The zero-order chi connectivity index (χ0) is 13.5. The number of nitrogens with one attached hydrogen (secondary N) is 1. The molecule has 2 unspecified atom stereocenters. The van der Waals surface area contributed by atoms with E-state index in [0.717, 1.165) is 13.1 Å². The molecule has 0 saturated carbocycles. The largest absolute Gasteiger partial charge is 0.381 e. The van der Waals surface area contributed by atoms with E-state index in [0.29, 0.717) is 12.0 Å². The SMILES string of the molecule is CC1CNc2ccccc2N1CC1Cc2ccccc21. The van der Waals surface area contributed by atoms with Gasteiger partial charge in [-0.2, -0.15) is 0 Å². The Morgan fingerprint density at radius 1 is 1.10 bits per heavy atom. The summed E-state index contributed by atoms with van der Waals surface area (Å²) in [6.45, 7) is 4.48. The van der Waals surface area contributed by atoms with Crippen LogP contribution >= 0.6 is 0 Å². The Kier molecular flexibility index (Phi) is 2.69. The van der Waals surface area contributed by atoms with E-state index in [-0.39, 0.29) is 0 Å². The van der Waals surface area contributed by atoms with Crippen LogP contribution in [0.4, 0.5) is 11.4 Å². The summed E-state index contributed by atoms with van der Waals surface area (Å²) in [6, 6.07) is 18.1. The maximum atomic E-state index is 3.53. The van der Waals surface area contributed by atoms with E-state index in [2.05, 4.69) is 65.7 Å². The molecule has 0 aromatic heterocycles. The van der Waals surface area contributed by atoms with Crippen molar-refractivity contribution >= 4 is 11.4 Å². The average Bonchev–Trinajstić information content (AvgIpc) is 2.46. The average molecular weight is 264 g/mol. The predicted octanol–water partition coefficient (Wildman–Crippen LogP) is 3.65. The highest BCUT2D eigenvalue weighted by atomic mass is 15.2. The Hall–Kier alpha value is -1.96. The van der Waals surface area contributed by atoms with Crippen LogP contribution in [0.25, 0.3) is 0 Å². The molecule has 20 heavy (non-hydrogen) atoms. The number of hydrogen-bond acceptors (Lipinski definition) is 2. The van der Waals surface area contributed by atoms with E-state index in [9.17, 15) is 0 Å². The van der Waals surface area contributed by atoms with E-state index in [1.807, 2.05) is 0 Å². The molecule has 1 heterocycles. The highest BCUT2D eigenvalue weighted by Crippen LogP contribution is 2.39. The van der Waals surface area contributed by atoms with Crippen LogP contribution in [0.2, 0.25) is 0 Å². The third-order valence-electron chi connectivity index (χ3n) is 4.71. The Morgan fingerprint density at radius 2 is 1.90 bits per heavy atom. The molecule has 2 aliphatic rings. The molecule has 0 radical (unpaired) electrons. The number of benzene rings is 2. The van der Waals surface area contributed by atoms with Crippen LogP contribution in [-0.4, -0.2) is 19.1 Å². The monoisotopic (exact) mass is 264 g/mol. The summed E-state index contributed by atoms with van der Waals surface area (Å²) in [5.41, 5.74) is 5.72. The van der Waals surface area contributed by atoms with E-state index in [1.165, 1.54) is 23.4 Å². The fourth-order valence-corrected chi connectivity index (χ4v) is 3.52. The number of rotatable bonds is 2. The first-order chi connectivity index (χ1) is 9.83. The van der Waals surface area contributed by atoms with Gasteiger partial charge in [0.1, 0.15) is 0 Å². The Balaban J connectivity index is 1.61. The molecular weight excluding hydrogens is 244 g/mol. The first-order valence-corrected chi connectivity index (χ1v) is 7.50. The van der Waals surface area contributed by atoms with Gasteiger partial charge < -0.3 is 10.2 Å². The van der Waals surface area contributed by atoms with Crippen LogP contribution in [-0.2, 0) is 6.42 Å². The maximum absolute atomic E-state index is 3.53. The number of anilines is 2. The minimum atomic E-state index is 0.553. The van der Waals surface area contributed by atoms with E-state index in [4.69, 9.17) is 0 Å². The minimum Gasteiger partial charge on any atom is -0.381 e. The summed E-state index contributed by atoms with van der Waals surface area (Å²) in [5.74, 6) is 0.694. The molecule has 0 fully saturated rings. The van der Waals surface area contributed by atoms with Crippen molar-refractivity contribution in [1.82, 2.24) is 0 Å². The standard InChI is InChI=1S/C18H20N2/c1-13-11-19-17-8-4-5-9-18(17)20(13)12-15-10-14-6-2-3-7-16(14)15/h2-9,13,15,19H,10-12H2,1H3. The van der Waals surface area contributed by atoms with Gasteiger partial charge in [0, 0.05) is 25.0 Å². The summed E-state index contributed by atoms with van der Waals surface area (Å²) in [4.78, 5) is 2.58. The normalized spacial score (nSPS) is 23.4. The van der Waals surface area contributed by atoms with Crippen molar-refractivity contribution < 1.29 is 0 Å². The Morgan fingerprint density at radius 3 is 2.80 bits per heavy atom. The molecule has 0 saturated heterocycles. The summed E-state index contributed by atoms with van der Waals surface area (Å²) < 4.78 is 0. The quantitative estimate of drug-likeness (QED) is 0.890. The Bertz CT molecular complexity index is 635. The first kappa shape index (κ1) is 11.8. The number of nitrogens with zero attached hydrogens (tertiary/aromatic N) is 1. The van der Waals surface area contributed by atoms with Gasteiger partial charge in [-0.3, -0.25) is 0 Å². The molecule has 2 atom stereocenters. The second kappa shape index (κ2) is 4.55. The molecule has 1 aliphatic carbocycles. The topological polar surface area (TPSA) is 15.3 Å². The molecule has 2 aromatic carbocycles. The third-order valence-corrected chi connectivity index (χ3v) is 4.71. The number of para-hydroxylation sites is 2. The minimum absolute atomic E-state index is 0.553. The summed E-state index contributed by atoms with van der Waals surface area (Å²) in [6.07, 6.45) is 1.23.